The number of nitrogens with one attached hydrogen (secondary N) is 1. The van der Waals surface area contributed by atoms with E-state index in [-0.39, 0.29) is 5.60 Å². The van der Waals surface area contributed by atoms with Crippen molar-refractivity contribution in [2.45, 2.75) is 57.7 Å². The minimum absolute atomic E-state index is 0.0606. The fourth-order valence-corrected chi connectivity index (χ4v) is 2.83. The van der Waals surface area contributed by atoms with Crippen molar-refractivity contribution in [2.24, 2.45) is 5.92 Å². The fourth-order valence-electron chi connectivity index (χ4n) is 2.83. The third kappa shape index (κ3) is 2.98. The molecule has 1 aliphatic heterocycles. The van der Waals surface area contributed by atoms with E-state index in [1.54, 1.807) is 0 Å². The normalized spacial score (nSPS) is 30.0. The van der Waals surface area contributed by atoms with Crippen LogP contribution >= 0.6 is 0 Å². The lowest BCUT2D eigenvalue weighted by Crippen LogP contribution is -2.58. The predicted molar refractivity (Wildman–Crippen MR) is 70.7 cm³/mol. The van der Waals surface area contributed by atoms with Crippen LogP contribution in [-0.4, -0.2) is 28.8 Å². The molecule has 5 heteroatoms. The zero-order valence-electron chi connectivity index (χ0n) is 11.8. The molecule has 1 aromatic rings. The molecule has 0 radical (unpaired) electrons. The van der Waals surface area contributed by atoms with Crippen molar-refractivity contribution in [3.63, 3.8) is 0 Å². The van der Waals surface area contributed by atoms with Crippen molar-refractivity contribution in [1.29, 1.82) is 0 Å². The molecule has 0 amide bonds. The average molecular weight is 265 g/mol. The largest absolute Gasteiger partial charge is 0.363 e. The molecule has 1 N–H and O–H groups in total. The maximum absolute atomic E-state index is 5.81. The molecule has 1 saturated carbocycles. The van der Waals surface area contributed by atoms with Crippen molar-refractivity contribution in [3.8, 4) is 0 Å². The van der Waals surface area contributed by atoms with Crippen molar-refractivity contribution in [3.05, 3.63) is 11.7 Å². The molecule has 1 saturated heterocycles. The molecule has 106 valence electrons. The lowest BCUT2D eigenvalue weighted by molar-refractivity contribution is -0.0841. The summed E-state index contributed by atoms with van der Waals surface area (Å²) in [7, 11) is 0. The van der Waals surface area contributed by atoms with Crippen molar-refractivity contribution in [1.82, 2.24) is 15.5 Å². The van der Waals surface area contributed by atoms with Gasteiger partial charge in [0.2, 0.25) is 0 Å². The highest BCUT2D eigenvalue weighted by molar-refractivity contribution is 4.97. The van der Waals surface area contributed by atoms with Gasteiger partial charge in [-0.3, -0.25) is 0 Å². The number of aromatic nitrogens is 2. The molecule has 0 aromatic carbocycles. The molecular formula is C14H23N3O2. The maximum atomic E-state index is 5.81. The number of nitrogens with zero attached hydrogens (tertiary/aromatic N) is 2. The van der Waals surface area contributed by atoms with Gasteiger partial charge < -0.3 is 14.6 Å². The standard InChI is InChI=1S/C14H23N3O2/c1-10-3-5-11(6-4-10)13-16-12(19-17-13)7-18-14(2)8-15-9-14/h10-11,15H,3-9H2,1-2H3. The first-order chi connectivity index (χ1) is 9.15. The zero-order valence-corrected chi connectivity index (χ0v) is 11.8. The lowest BCUT2D eigenvalue weighted by atomic mass is 9.83. The summed E-state index contributed by atoms with van der Waals surface area (Å²) < 4.78 is 11.1. The van der Waals surface area contributed by atoms with Gasteiger partial charge in [0.15, 0.2) is 5.82 Å². The van der Waals surface area contributed by atoms with Gasteiger partial charge in [0.05, 0.1) is 5.60 Å². The average Bonchev–Trinajstić information content (AvgIpc) is 2.84. The molecular weight excluding hydrogens is 242 g/mol. The first-order valence-corrected chi connectivity index (χ1v) is 7.32. The van der Waals surface area contributed by atoms with E-state index < -0.39 is 0 Å². The Bertz CT molecular complexity index is 420. The van der Waals surface area contributed by atoms with Gasteiger partial charge in [0.25, 0.3) is 5.89 Å². The molecule has 0 spiro atoms. The van der Waals surface area contributed by atoms with Crippen LogP contribution < -0.4 is 5.32 Å². The minimum Gasteiger partial charge on any atom is -0.363 e. The highest BCUT2D eigenvalue weighted by Crippen LogP contribution is 2.34. The Morgan fingerprint density at radius 1 is 1.32 bits per heavy atom. The van der Waals surface area contributed by atoms with Crippen molar-refractivity contribution >= 4 is 0 Å². The third-order valence-corrected chi connectivity index (χ3v) is 4.41. The second-order valence-corrected chi connectivity index (χ2v) is 6.35. The second-order valence-electron chi connectivity index (χ2n) is 6.35. The Morgan fingerprint density at radius 3 is 2.68 bits per heavy atom. The predicted octanol–water partition coefficient (Wildman–Crippen LogP) is 2.24. The lowest BCUT2D eigenvalue weighted by Gasteiger charge is -2.38. The van der Waals surface area contributed by atoms with E-state index in [0.717, 1.165) is 24.8 Å². The summed E-state index contributed by atoms with van der Waals surface area (Å²) >= 11 is 0. The van der Waals surface area contributed by atoms with Crippen LogP contribution in [-0.2, 0) is 11.3 Å². The molecule has 0 bridgehead atoms. The monoisotopic (exact) mass is 265 g/mol. The quantitative estimate of drug-likeness (QED) is 0.904. The van der Waals surface area contributed by atoms with Crippen LogP contribution in [0.25, 0.3) is 0 Å². The fraction of sp³-hybridized carbons (Fsp3) is 0.857. The van der Waals surface area contributed by atoms with Gasteiger partial charge in [0.1, 0.15) is 6.61 Å². The topological polar surface area (TPSA) is 60.2 Å². The molecule has 0 unspecified atom stereocenters. The van der Waals surface area contributed by atoms with Gasteiger partial charge in [0, 0.05) is 19.0 Å². The van der Waals surface area contributed by atoms with Gasteiger partial charge in [-0.15, -0.1) is 0 Å². The second kappa shape index (κ2) is 5.21. The molecule has 2 aliphatic rings. The summed E-state index contributed by atoms with van der Waals surface area (Å²) in [5.74, 6) is 2.82. The molecule has 3 rings (SSSR count). The summed E-state index contributed by atoms with van der Waals surface area (Å²) in [4.78, 5) is 4.50. The SMILES string of the molecule is CC1CCC(c2noc(COC3(C)CNC3)n2)CC1. The van der Waals surface area contributed by atoms with E-state index in [2.05, 4.69) is 29.3 Å². The smallest absolute Gasteiger partial charge is 0.252 e. The van der Waals surface area contributed by atoms with Crippen LogP contribution in [0.5, 0.6) is 0 Å². The van der Waals surface area contributed by atoms with E-state index in [1.807, 2.05) is 0 Å². The molecule has 5 nitrogen and oxygen atoms in total. The van der Waals surface area contributed by atoms with Crippen LogP contribution in [0, 0.1) is 5.92 Å². The van der Waals surface area contributed by atoms with Gasteiger partial charge in [-0.05, 0) is 25.7 Å². The van der Waals surface area contributed by atoms with Crippen LogP contribution in [0.3, 0.4) is 0 Å². The molecule has 2 heterocycles. The van der Waals surface area contributed by atoms with Crippen LogP contribution in [0.2, 0.25) is 0 Å². The number of ether oxygens (including phenoxy) is 1. The zero-order chi connectivity index (χ0) is 13.3. The van der Waals surface area contributed by atoms with E-state index in [1.165, 1.54) is 25.7 Å². The summed E-state index contributed by atoms with van der Waals surface area (Å²) in [6.07, 6.45) is 4.91. The summed E-state index contributed by atoms with van der Waals surface area (Å²) in [5.41, 5.74) is -0.0606. The Morgan fingerprint density at radius 2 is 2.05 bits per heavy atom. The van der Waals surface area contributed by atoms with E-state index in [0.29, 0.717) is 18.4 Å². The summed E-state index contributed by atoms with van der Waals surface area (Å²) in [6.45, 7) is 6.64. The maximum Gasteiger partial charge on any atom is 0.252 e. The van der Waals surface area contributed by atoms with E-state index >= 15 is 0 Å². The number of hydrogen-bond donors (Lipinski definition) is 1. The third-order valence-electron chi connectivity index (χ3n) is 4.41. The van der Waals surface area contributed by atoms with E-state index in [9.17, 15) is 0 Å². The van der Waals surface area contributed by atoms with Crippen molar-refractivity contribution in [2.75, 3.05) is 13.1 Å². The van der Waals surface area contributed by atoms with Crippen LogP contribution in [0.1, 0.15) is 57.2 Å². The number of hydrogen-bond acceptors (Lipinski definition) is 5. The number of rotatable bonds is 4. The van der Waals surface area contributed by atoms with Crippen LogP contribution in [0.15, 0.2) is 4.52 Å². The minimum atomic E-state index is -0.0606. The molecule has 1 aromatic heterocycles. The summed E-state index contributed by atoms with van der Waals surface area (Å²) in [5, 5.41) is 7.34. The van der Waals surface area contributed by atoms with Gasteiger partial charge in [-0.2, -0.15) is 4.98 Å². The Balaban J connectivity index is 1.54. The Kier molecular flexibility index (Phi) is 3.58. The highest BCUT2D eigenvalue weighted by Gasteiger charge is 2.33. The van der Waals surface area contributed by atoms with Crippen LogP contribution in [0.4, 0.5) is 0 Å². The van der Waals surface area contributed by atoms with Gasteiger partial charge in [-0.1, -0.05) is 24.9 Å². The molecule has 2 fully saturated rings. The van der Waals surface area contributed by atoms with E-state index in [4.69, 9.17) is 9.26 Å². The summed E-state index contributed by atoms with van der Waals surface area (Å²) in [6, 6.07) is 0. The molecule has 19 heavy (non-hydrogen) atoms. The molecule has 1 aliphatic carbocycles. The van der Waals surface area contributed by atoms with Gasteiger partial charge in [-0.25, -0.2) is 0 Å². The van der Waals surface area contributed by atoms with Crippen molar-refractivity contribution < 1.29 is 9.26 Å². The Labute approximate surface area is 114 Å². The highest BCUT2D eigenvalue weighted by atomic mass is 16.5. The first-order valence-electron chi connectivity index (χ1n) is 7.32. The molecule has 0 atom stereocenters. The Hall–Kier alpha value is -0.940. The first kappa shape index (κ1) is 13.1. The van der Waals surface area contributed by atoms with Gasteiger partial charge >= 0.3 is 0 Å².